The van der Waals surface area contributed by atoms with Crippen LogP contribution in [0.4, 0.5) is 0 Å². The highest BCUT2D eigenvalue weighted by molar-refractivity contribution is 5.90. The molecule has 4 rings (SSSR count). The van der Waals surface area contributed by atoms with Crippen molar-refractivity contribution in [2.45, 2.75) is 38.6 Å². The Kier molecular flexibility index (Phi) is 6.94. The van der Waals surface area contributed by atoms with Crippen LogP contribution in [0, 0.1) is 17.2 Å². The van der Waals surface area contributed by atoms with E-state index in [2.05, 4.69) is 28.3 Å². The molecule has 170 valence electrons. The highest BCUT2D eigenvalue weighted by atomic mass is 16.5. The molecule has 0 spiro atoms. The van der Waals surface area contributed by atoms with E-state index < -0.39 is 0 Å². The van der Waals surface area contributed by atoms with E-state index in [0.29, 0.717) is 28.8 Å². The first-order chi connectivity index (χ1) is 16.1. The average Bonchev–Trinajstić information content (AvgIpc) is 3.27. The highest BCUT2D eigenvalue weighted by Crippen LogP contribution is 2.30. The Balaban J connectivity index is 1.45. The van der Waals surface area contributed by atoms with E-state index in [1.165, 1.54) is 6.42 Å². The third-order valence-electron chi connectivity index (χ3n) is 6.08. The van der Waals surface area contributed by atoms with Crippen LogP contribution < -0.4 is 14.8 Å². The first-order valence-corrected chi connectivity index (χ1v) is 11.2. The van der Waals surface area contributed by atoms with Crippen LogP contribution in [0.3, 0.4) is 0 Å². The van der Waals surface area contributed by atoms with Gasteiger partial charge in [-0.25, -0.2) is 4.98 Å². The van der Waals surface area contributed by atoms with Crippen LogP contribution in [0.5, 0.6) is 11.5 Å². The van der Waals surface area contributed by atoms with Crippen LogP contribution in [-0.2, 0) is 4.79 Å². The summed E-state index contributed by atoms with van der Waals surface area (Å²) < 4.78 is 11.2. The molecule has 0 saturated heterocycles. The predicted molar refractivity (Wildman–Crippen MR) is 128 cm³/mol. The van der Waals surface area contributed by atoms with Gasteiger partial charge in [-0.2, -0.15) is 5.26 Å². The van der Waals surface area contributed by atoms with Gasteiger partial charge >= 0.3 is 0 Å². The lowest BCUT2D eigenvalue weighted by molar-refractivity contribution is -0.124. The molecule has 1 heterocycles. The van der Waals surface area contributed by atoms with E-state index >= 15 is 0 Å². The van der Waals surface area contributed by atoms with Gasteiger partial charge in [-0.3, -0.25) is 4.79 Å². The number of benzene rings is 2. The number of fused-ring (bicyclic) bond motifs is 1. The number of H-pyrrole nitrogens is 1. The topological polar surface area (TPSA) is 100 Å². The maximum Gasteiger partial charge on any atom is 0.258 e. The summed E-state index contributed by atoms with van der Waals surface area (Å²) in [5.74, 6) is 1.83. The second-order valence-electron chi connectivity index (χ2n) is 8.41. The van der Waals surface area contributed by atoms with Gasteiger partial charge in [-0.1, -0.05) is 38.0 Å². The molecular formula is C26H28N4O3. The molecule has 3 aromatic rings. The fraction of sp³-hybridized carbons (Fsp3) is 0.346. The van der Waals surface area contributed by atoms with Gasteiger partial charge in [0.25, 0.3) is 5.91 Å². The molecule has 2 atom stereocenters. The van der Waals surface area contributed by atoms with Crippen molar-refractivity contribution in [3.63, 3.8) is 0 Å². The zero-order chi connectivity index (χ0) is 23.2. The number of nitrogens with one attached hydrogen (secondary N) is 2. The number of aromatic nitrogens is 2. The monoisotopic (exact) mass is 444 g/mol. The number of imidazole rings is 1. The molecule has 1 aromatic heterocycles. The Labute approximate surface area is 193 Å². The molecule has 1 fully saturated rings. The summed E-state index contributed by atoms with van der Waals surface area (Å²) >= 11 is 0. The van der Waals surface area contributed by atoms with Gasteiger partial charge in [-0.05, 0) is 54.7 Å². The second-order valence-corrected chi connectivity index (χ2v) is 8.41. The molecule has 0 bridgehead atoms. The number of allylic oxidation sites excluding steroid dienone is 1. The van der Waals surface area contributed by atoms with Gasteiger partial charge in [0.2, 0.25) is 0 Å². The van der Waals surface area contributed by atoms with Crippen molar-refractivity contribution in [2.75, 3.05) is 13.7 Å². The summed E-state index contributed by atoms with van der Waals surface area (Å²) in [7, 11) is 1.55. The summed E-state index contributed by atoms with van der Waals surface area (Å²) in [4.78, 5) is 20.0. The summed E-state index contributed by atoms with van der Waals surface area (Å²) in [6, 6.07) is 15.4. The number of carbonyl (C=O) groups is 1. The predicted octanol–water partition coefficient (Wildman–Crippen LogP) is 4.71. The van der Waals surface area contributed by atoms with Crippen molar-refractivity contribution in [2.24, 2.45) is 5.92 Å². The molecule has 1 aliphatic carbocycles. The van der Waals surface area contributed by atoms with Crippen molar-refractivity contribution in [1.82, 2.24) is 15.3 Å². The Bertz CT molecular complexity index is 1170. The zero-order valence-electron chi connectivity index (χ0n) is 18.9. The molecule has 7 heteroatoms. The number of rotatable bonds is 7. The number of amides is 1. The number of para-hydroxylation sites is 2. The van der Waals surface area contributed by atoms with Crippen molar-refractivity contribution >= 4 is 28.6 Å². The van der Waals surface area contributed by atoms with Crippen LogP contribution in [0.1, 0.15) is 44.0 Å². The number of ether oxygens (including phenoxy) is 2. The molecule has 0 aliphatic heterocycles. The Morgan fingerprint density at radius 3 is 2.82 bits per heavy atom. The van der Waals surface area contributed by atoms with E-state index in [-0.39, 0.29) is 18.6 Å². The number of aromatic amines is 1. The smallest absolute Gasteiger partial charge is 0.258 e. The van der Waals surface area contributed by atoms with Crippen molar-refractivity contribution < 1.29 is 14.3 Å². The van der Waals surface area contributed by atoms with Gasteiger partial charge in [0.05, 0.1) is 23.7 Å². The first kappa shape index (κ1) is 22.4. The van der Waals surface area contributed by atoms with E-state index in [4.69, 9.17) is 9.47 Å². The van der Waals surface area contributed by atoms with Crippen LogP contribution in [0.15, 0.2) is 42.5 Å². The molecule has 0 unspecified atom stereocenters. The van der Waals surface area contributed by atoms with E-state index in [1.807, 2.05) is 30.3 Å². The van der Waals surface area contributed by atoms with Gasteiger partial charge in [0.1, 0.15) is 11.9 Å². The first-order valence-electron chi connectivity index (χ1n) is 11.2. The third-order valence-corrected chi connectivity index (χ3v) is 6.08. The highest BCUT2D eigenvalue weighted by Gasteiger charge is 2.23. The summed E-state index contributed by atoms with van der Waals surface area (Å²) in [6.07, 6.45) is 6.28. The van der Waals surface area contributed by atoms with Crippen molar-refractivity contribution in [3.8, 4) is 17.6 Å². The molecule has 1 aliphatic rings. The molecule has 1 amide bonds. The van der Waals surface area contributed by atoms with Gasteiger partial charge in [0.15, 0.2) is 18.1 Å². The lowest BCUT2D eigenvalue weighted by Gasteiger charge is -2.29. The Morgan fingerprint density at radius 2 is 2.06 bits per heavy atom. The van der Waals surface area contributed by atoms with Crippen LogP contribution in [0.25, 0.3) is 22.7 Å². The molecule has 2 aromatic carbocycles. The lowest BCUT2D eigenvalue weighted by atomic mass is 9.86. The minimum atomic E-state index is -0.128. The SMILES string of the molecule is COc1cc(/C=C(\C#N)c2nc3ccccc3[nH]2)ccc1OCC(=O)N[C@@H]1CCCC[C@@H]1C. The average molecular weight is 445 g/mol. The summed E-state index contributed by atoms with van der Waals surface area (Å²) in [6.45, 7) is 2.11. The number of carbonyl (C=O) groups excluding carboxylic acids is 1. The number of methoxy groups -OCH3 is 1. The number of nitrogens with zero attached hydrogens (tertiary/aromatic N) is 2. The number of hydrogen-bond donors (Lipinski definition) is 2. The molecule has 7 nitrogen and oxygen atoms in total. The van der Waals surface area contributed by atoms with E-state index in [1.54, 1.807) is 25.3 Å². The minimum absolute atomic E-state index is 0.0722. The van der Waals surface area contributed by atoms with Crippen LogP contribution in [0.2, 0.25) is 0 Å². The van der Waals surface area contributed by atoms with Gasteiger partial charge in [0, 0.05) is 6.04 Å². The number of hydrogen-bond acceptors (Lipinski definition) is 5. The van der Waals surface area contributed by atoms with E-state index in [0.717, 1.165) is 35.9 Å². The largest absolute Gasteiger partial charge is 0.493 e. The van der Waals surface area contributed by atoms with Gasteiger partial charge < -0.3 is 19.8 Å². The van der Waals surface area contributed by atoms with Gasteiger partial charge in [-0.15, -0.1) is 0 Å². The fourth-order valence-electron chi connectivity index (χ4n) is 4.22. The maximum absolute atomic E-state index is 12.4. The van der Waals surface area contributed by atoms with Crippen molar-refractivity contribution in [3.05, 3.63) is 53.9 Å². The lowest BCUT2D eigenvalue weighted by Crippen LogP contribution is -2.43. The third kappa shape index (κ3) is 5.35. The number of nitriles is 1. The molecule has 33 heavy (non-hydrogen) atoms. The Hall–Kier alpha value is -3.79. The minimum Gasteiger partial charge on any atom is -0.493 e. The van der Waals surface area contributed by atoms with E-state index in [9.17, 15) is 10.1 Å². The molecule has 0 radical (unpaired) electrons. The van der Waals surface area contributed by atoms with Crippen LogP contribution >= 0.6 is 0 Å². The fourth-order valence-corrected chi connectivity index (χ4v) is 4.22. The Morgan fingerprint density at radius 1 is 1.24 bits per heavy atom. The quantitative estimate of drug-likeness (QED) is 0.514. The second kappa shape index (κ2) is 10.2. The summed E-state index contributed by atoms with van der Waals surface area (Å²) in [5.41, 5.74) is 2.84. The standard InChI is InChI=1S/C26H28N4O3/c1-17-7-3-4-8-20(17)28-25(31)16-33-23-12-11-18(14-24(23)32-2)13-19(15-27)26-29-21-9-5-6-10-22(21)30-26/h5-6,9-14,17,20H,3-4,7-8,16H2,1-2H3,(H,28,31)(H,29,30)/b19-13+/t17-,20+/m0/s1. The molecule has 1 saturated carbocycles. The zero-order valence-corrected chi connectivity index (χ0v) is 18.9. The normalized spacial score (nSPS) is 18.5. The maximum atomic E-state index is 12.4. The van der Waals surface area contributed by atoms with Crippen LogP contribution in [-0.4, -0.2) is 35.6 Å². The molecule has 2 N–H and O–H groups in total. The summed E-state index contributed by atoms with van der Waals surface area (Å²) in [5, 5.41) is 12.8. The molecular weight excluding hydrogens is 416 g/mol. The van der Waals surface area contributed by atoms with Crippen molar-refractivity contribution in [1.29, 1.82) is 5.26 Å².